The Morgan fingerprint density at radius 1 is 0.960 bits per heavy atom. The molecule has 0 heterocycles. The first-order chi connectivity index (χ1) is 12.0. The molecular weight excluding hydrogens is 420 g/mol. The standard InChI is InChI=1S/C18H17Cl4NOS/c19-14-4-3-13(16(21)10-14)11-25-8-7-23-18(24)6-2-12-1-5-15(20)17(22)9-12/h1,3-5,9-10H,2,6-8,11H2,(H,23,24). The van der Waals surface area contributed by atoms with Gasteiger partial charge in [-0.1, -0.05) is 58.5 Å². The molecule has 2 nitrogen and oxygen atoms in total. The maximum atomic E-state index is 11.9. The van der Waals surface area contributed by atoms with Crippen molar-refractivity contribution >= 4 is 64.1 Å². The van der Waals surface area contributed by atoms with Crippen LogP contribution in [-0.4, -0.2) is 18.2 Å². The Morgan fingerprint density at radius 2 is 1.76 bits per heavy atom. The van der Waals surface area contributed by atoms with Crippen molar-refractivity contribution in [3.05, 3.63) is 67.6 Å². The molecule has 1 amide bonds. The van der Waals surface area contributed by atoms with Gasteiger partial charge in [-0.3, -0.25) is 4.79 Å². The smallest absolute Gasteiger partial charge is 0.220 e. The third-order valence-corrected chi connectivity index (χ3v) is 5.80. The number of nitrogens with one attached hydrogen (secondary N) is 1. The summed E-state index contributed by atoms with van der Waals surface area (Å²) < 4.78 is 0. The topological polar surface area (TPSA) is 29.1 Å². The van der Waals surface area contributed by atoms with Crippen molar-refractivity contribution in [1.29, 1.82) is 0 Å². The highest BCUT2D eigenvalue weighted by Gasteiger charge is 2.05. The molecule has 0 spiro atoms. The first kappa shape index (κ1) is 20.7. The third-order valence-electron chi connectivity index (χ3n) is 3.47. The molecule has 0 bridgehead atoms. The lowest BCUT2D eigenvalue weighted by atomic mass is 10.1. The number of hydrogen-bond donors (Lipinski definition) is 1. The third kappa shape index (κ3) is 7.28. The van der Waals surface area contributed by atoms with Gasteiger partial charge in [0.25, 0.3) is 0 Å². The van der Waals surface area contributed by atoms with E-state index in [1.54, 1.807) is 30.0 Å². The number of thioether (sulfide) groups is 1. The van der Waals surface area contributed by atoms with Crippen LogP contribution >= 0.6 is 58.2 Å². The van der Waals surface area contributed by atoms with Gasteiger partial charge < -0.3 is 5.32 Å². The minimum atomic E-state index is 0.0243. The predicted octanol–water partition coefficient (Wildman–Crippen LogP) is 6.28. The molecule has 0 aliphatic carbocycles. The summed E-state index contributed by atoms with van der Waals surface area (Å²) in [5.41, 5.74) is 2.04. The van der Waals surface area contributed by atoms with Crippen molar-refractivity contribution in [1.82, 2.24) is 5.32 Å². The molecule has 0 aliphatic heterocycles. The van der Waals surface area contributed by atoms with Crippen molar-refractivity contribution in [2.24, 2.45) is 0 Å². The van der Waals surface area contributed by atoms with Crippen LogP contribution in [0.25, 0.3) is 0 Å². The Morgan fingerprint density at radius 3 is 2.48 bits per heavy atom. The van der Waals surface area contributed by atoms with E-state index in [0.29, 0.717) is 39.5 Å². The minimum Gasteiger partial charge on any atom is -0.355 e. The number of aryl methyl sites for hydroxylation is 1. The zero-order valence-corrected chi connectivity index (χ0v) is 17.2. The molecule has 2 rings (SSSR count). The van der Waals surface area contributed by atoms with Crippen LogP contribution < -0.4 is 5.32 Å². The molecule has 134 valence electrons. The monoisotopic (exact) mass is 435 g/mol. The lowest BCUT2D eigenvalue weighted by molar-refractivity contribution is -0.120. The van der Waals surface area contributed by atoms with Crippen molar-refractivity contribution in [3.63, 3.8) is 0 Å². The average Bonchev–Trinajstić information content (AvgIpc) is 2.57. The fraction of sp³-hybridized carbons (Fsp3) is 0.278. The van der Waals surface area contributed by atoms with Gasteiger partial charge in [0.2, 0.25) is 5.91 Å². The quantitative estimate of drug-likeness (QED) is 0.493. The Kier molecular flexibility index (Phi) is 8.74. The number of carbonyl (C=O) groups is 1. The van der Waals surface area contributed by atoms with E-state index < -0.39 is 0 Å². The highest BCUT2D eigenvalue weighted by molar-refractivity contribution is 7.98. The molecule has 0 atom stereocenters. The second kappa shape index (κ2) is 10.5. The molecule has 0 radical (unpaired) electrons. The van der Waals surface area contributed by atoms with E-state index >= 15 is 0 Å². The molecule has 0 saturated heterocycles. The molecule has 0 saturated carbocycles. The summed E-state index contributed by atoms with van der Waals surface area (Å²) in [5, 5.41) is 5.25. The number of benzene rings is 2. The second-order valence-electron chi connectivity index (χ2n) is 5.39. The van der Waals surface area contributed by atoms with E-state index in [9.17, 15) is 4.79 Å². The molecule has 1 N–H and O–H groups in total. The largest absolute Gasteiger partial charge is 0.355 e. The lowest BCUT2D eigenvalue weighted by Gasteiger charge is -2.07. The molecule has 25 heavy (non-hydrogen) atoms. The van der Waals surface area contributed by atoms with Gasteiger partial charge in [0.05, 0.1) is 10.0 Å². The molecule has 0 aliphatic rings. The van der Waals surface area contributed by atoms with Crippen LogP contribution in [0.15, 0.2) is 36.4 Å². The predicted molar refractivity (Wildman–Crippen MR) is 110 cm³/mol. The number of hydrogen-bond acceptors (Lipinski definition) is 2. The minimum absolute atomic E-state index is 0.0243. The summed E-state index contributed by atoms with van der Waals surface area (Å²) >= 11 is 25.6. The van der Waals surface area contributed by atoms with Crippen molar-refractivity contribution in [3.8, 4) is 0 Å². The second-order valence-corrected chi connectivity index (χ2v) is 8.15. The van der Waals surface area contributed by atoms with Gasteiger partial charge in [-0.05, 0) is 41.8 Å². The van der Waals surface area contributed by atoms with Gasteiger partial charge in [-0.15, -0.1) is 0 Å². The maximum absolute atomic E-state index is 11.9. The molecule has 0 aromatic heterocycles. The maximum Gasteiger partial charge on any atom is 0.220 e. The molecule has 7 heteroatoms. The zero-order valence-electron chi connectivity index (χ0n) is 13.3. The van der Waals surface area contributed by atoms with E-state index in [4.69, 9.17) is 46.4 Å². The van der Waals surface area contributed by atoms with Gasteiger partial charge in [0.15, 0.2) is 0 Å². The number of rotatable bonds is 8. The van der Waals surface area contributed by atoms with Gasteiger partial charge in [-0.25, -0.2) is 0 Å². The first-order valence-electron chi connectivity index (χ1n) is 7.68. The van der Waals surface area contributed by atoms with E-state index in [2.05, 4.69) is 5.32 Å². The van der Waals surface area contributed by atoms with Gasteiger partial charge in [-0.2, -0.15) is 11.8 Å². The molecular formula is C18H17Cl4NOS. The molecule has 0 unspecified atom stereocenters. The van der Waals surface area contributed by atoms with Gasteiger partial charge in [0, 0.05) is 34.5 Å². The van der Waals surface area contributed by atoms with Crippen LogP contribution in [0.2, 0.25) is 20.1 Å². The van der Waals surface area contributed by atoms with Crippen LogP contribution in [0, 0.1) is 0 Å². The van der Waals surface area contributed by atoms with Crippen molar-refractivity contribution < 1.29 is 4.79 Å². The number of amides is 1. The van der Waals surface area contributed by atoms with Crippen molar-refractivity contribution in [2.45, 2.75) is 18.6 Å². The lowest BCUT2D eigenvalue weighted by Crippen LogP contribution is -2.25. The van der Waals surface area contributed by atoms with Crippen LogP contribution in [0.5, 0.6) is 0 Å². The van der Waals surface area contributed by atoms with Crippen LogP contribution in [0.3, 0.4) is 0 Å². The molecule has 2 aromatic carbocycles. The van der Waals surface area contributed by atoms with E-state index in [0.717, 1.165) is 22.6 Å². The summed E-state index contributed by atoms with van der Waals surface area (Å²) in [6, 6.07) is 10.9. The van der Waals surface area contributed by atoms with E-state index in [-0.39, 0.29) is 5.91 Å². The number of halogens is 4. The Labute approximate surface area is 172 Å². The Bertz CT molecular complexity index is 739. The summed E-state index contributed by atoms with van der Waals surface area (Å²) in [5.74, 6) is 1.63. The van der Waals surface area contributed by atoms with Gasteiger partial charge >= 0.3 is 0 Å². The summed E-state index contributed by atoms with van der Waals surface area (Å²) in [6.45, 7) is 0.621. The highest BCUT2D eigenvalue weighted by Crippen LogP contribution is 2.25. The van der Waals surface area contributed by atoms with Crippen LogP contribution in [-0.2, 0) is 17.0 Å². The average molecular weight is 437 g/mol. The molecule has 0 fully saturated rings. The fourth-order valence-electron chi connectivity index (χ4n) is 2.12. The van der Waals surface area contributed by atoms with Crippen LogP contribution in [0.4, 0.5) is 0 Å². The molecule has 2 aromatic rings. The van der Waals surface area contributed by atoms with Crippen LogP contribution in [0.1, 0.15) is 17.5 Å². The van der Waals surface area contributed by atoms with E-state index in [1.165, 1.54) is 0 Å². The summed E-state index contributed by atoms with van der Waals surface area (Å²) in [6.07, 6.45) is 1.06. The normalized spacial score (nSPS) is 10.7. The zero-order chi connectivity index (χ0) is 18.2. The number of carbonyl (C=O) groups excluding carboxylic acids is 1. The van der Waals surface area contributed by atoms with E-state index in [1.807, 2.05) is 18.2 Å². The first-order valence-corrected chi connectivity index (χ1v) is 10.3. The Hall–Kier alpha value is -0.580. The van der Waals surface area contributed by atoms with Gasteiger partial charge in [0.1, 0.15) is 0 Å². The summed E-state index contributed by atoms with van der Waals surface area (Å²) in [7, 11) is 0. The summed E-state index contributed by atoms with van der Waals surface area (Å²) in [4.78, 5) is 11.9. The fourth-order valence-corrected chi connectivity index (χ4v) is 3.86. The SMILES string of the molecule is O=C(CCc1ccc(Cl)c(Cl)c1)NCCSCc1ccc(Cl)cc1Cl. The Balaban J connectivity index is 1.62. The highest BCUT2D eigenvalue weighted by atomic mass is 35.5. The van der Waals surface area contributed by atoms with Crippen molar-refractivity contribution in [2.75, 3.05) is 12.3 Å².